The van der Waals surface area contributed by atoms with Gasteiger partial charge in [0, 0.05) is 24.5 Å². The van der Waals surface area contributed by atoms with Gasteiger partial charge in [-0.1, -0.05) is 6.07 Å². The Kier molecular flexibility index (Phi) is 5.62. The van der Waals surface area contributed by atoms with E-state index in [0.717, 1.165) is 5.56 Å². The molecule has 1 aromatic heterocycles. The van der Waals surface area contributed by atoms with Crippen molar-refractivity contribution < 1.29 is 22.7 Å². The zero-order valence-electron chi connectivity index (χ0n) is 15.1. The number of hydrogen-bond acceptors (Lipinski definition) is 6. The number of benzene rings is 1. The zero-order chi connectivity index (χ0) is 19.4. The van der Waals surface area contributed by atoms with Crippen molar-refractivity contribution in [2.45, 2.75) is 24.3 Å². The van der Waals surface area contributed by atoms with E-state index in [4.69, 9.17) is 4.74 Å². The van der Waals surface area contributed by atoms with Crippen LogP contribution >= 0.6 is 0 Å². The average Bonchev–Trinajstić information content (AvgIpc) is 3.13. The summed E-state index contributed by atoms with van der Waals surface area (Å²) in [6.45, 7) is 2.58. The maximum absolute atomic E-state index is 12.8. The van der Waals surface area contributed by atoms with E-state index in [0.29, 0.717) is 24.5 Å². The van der Waals surface area contributed by atoms with E-state index in [1.807, 2.05) is 13.0 Å². The molecule has 2 heterocycles. The number of amides is 1. The zero-order valence-corrected chi connectivity index (χ0v) is 15.9. The first kappa shape index (κ1) is 19.1. The fraction of sp³-hybridized carbons (Fsp3) is 0.333. The number of methoxy groups -OCH3 is 1. The van der Waals surface area contributed by atoms with Gasteiger partial charge in [0.25, 0.3) is 0 Å². The number of carbonyl (C=O) groups is 1. The molecule has 1 amide bonds. The number of carbonyl (C=O) groups excluding carboxylic acids is 1. The summed E-state index contributed by atoms with van der Waals surface area (Å²) >= 11 is 0. The molecule has 9 heteroatoms. The van der Waals surface area contributed by atoms with E-state index in [1.54, 1.807) is 12.3 Å². The number of pyridine rings is 1. The van der Waals surface area contributed by atoms with Crippen molar-refractivity contribution in [1.29, 1.82) is 0 Å². The number of rotatable bonds is 5. The van der Waals surface area contributed by atoms with Gasteiger partial charge in [0.15, 0.2) is 0 Å². The predicted molar refractivity (Wildman–Crippen MR) is 99.2 cm³/mol. The minimum absolute atomic E-state index is 0.159. The van der Waals surface area contributed by atoms with Crippen LogP contribution in [0.2, 0.25) is 0 Å². The maximum atomic E-state index is 12.8. The van der Waals surface area contributed by atoms with Crippen molar-refractivity contribution >= 4 is 21.8 Å². The molecule has 1 aliphatic heterocycles. The molecule has 0 aliphatic carbocycles. The van der Waals surface area contributed by atoms with E-state index in [2.05, 4.69) is 15.0 Å². The van der Waals surface area contributed by atoms with Gasteiger partial charge < -0.3 is 9.47 Å². The Morgan fingerprint density at radius 3 is 2.59 bits per heavy atom. The van der Waals surface area contributed by atoms with Crippen LogP contribution in [0.3, 0.4) is 0 Å². The fourth-order valence-electron chi connectivity index (χ4n) is 2.74. The monoisotopic (exact) mass is 391 g/mol. The molecule has 0 spiro atoms. The number of nitrogens with zero attached hydrogens (tertiary/aromatic N) is 2. The van der Waals surface area contributed by atoms with Crippen LogP contribution in [-0.2, 0) is 14.8 Å². The largest absolute Gasteiger partial charge is 0.473 e. The van der Waals surface area contributed by atoms with Crippen molar-refractivity contribution in [3.63, 3.8) is 0 Å². The van der Waals surface area contributed by atoms with Crippen molar-refractivity contribution in [3.05, 3.63) is 48.2 Å². The first-order valence-electron chi connectivity index (χ1n) is 8.43. The summed E-state index contributed by atoms with van der Waals surface area (Å²) in [6, 6.07) is 9.62. The van der Waals surface area contributed by atoms with Gasteiger partial charge in [-0.3, -0.25) is 5.32 Å². The van der Waals surface area contributed by atoms with E-state index in [9.17, 15) is 13.2 Å². The third-order valence-electron chi connectivity index (χ3n) is 4.20. The van der Waals surface area contributed by atoms with E-state index < -0.39 is 16.1 Å². The van der Waals surface area contributed by atoms with E-state index in [1.165, 1.54) is 35.7 Å². The molecule has 8 nitrogen and oxygen atoms in total. The van der Waals surface area contributed by atoms with Crippen molar-refractivity contribution in [2.24, 2.45) is 0 Å². The Bertz CT molecular complexity index is 898. The minimum atomic E-state index is -3.63. The third kappa shape index (κ3) is 4.55. The molecule has 0 bridgehead atoms. The molecule has 27 heavy (non-hydrogen) atoms. The normalized spacial score (nSPS) is 17.5. The highest BCUT2D eigenvalue weighted by atomic mass is 32.2. The number of nitrogens with one attached hydrogen (secondary N) is 1. The van der Waals surface area contributed by atoms with Crippen molar-refractivity contribution in [1.82, 2.24) is 9.29 Å². The highest BCUT2D eigenvalue weighted by molar-refractivity contribution is 7.89. The molecular formula is C18H21N3O5S. The molecule has 1 aliphatic rings. The molecule has 144 valence electrons. The third-order valence-corrected chi connectivity index (χ3v) is 6.08. The molecule has 1 atom stereocenters. The fourth-order valence-corrected chi connectivity index (χ4v) is 4.22. The van der Waals surface area contributed by atoms with Crippen LogP contribution < -0.4 is 10.1 Å². The summed E-state index contributed by atoms with van der Waals surface area (Å²) in [5.41, 5.74) is 1.48. The smallest absolute Gasteiger partial charge is 0.411 e. The summed E-state index contributed by atoms with van der Waals surface area (Å²) in [6.07, 6.45) is 1.45. The number of anilines is 1. The lowest BCUT2D eigenvalue weighted by atomic mass is 10.3. The molecule has 1 unspecified atom stereocenters. The minimum Gasteiger partial charge on any atom is -0.473 e. The molecule has 3 rings (SSSR count). The maximum Gasteiger partial charge on any atom is 0.411 e. The van der Waals surface area contributed by atoms with Gasteiger partial charge in [-0.25, -0.2) is 18.2 Å². The quantitative estimate of drug-likeness (QED) is 0.841. The van der Waals surface area contributed by atoms with Crippen LogP contribution in [0.4, 0.5) is 10.5 Å². The Morgan fingerprint density at radius 2 is 1.96 bits per heavy atom. The molecule has 1 aromatic carbocycles. The molecule has 1 saturated heterocycles. The number of aromatic nitrogens is 1. The average molecular weight is 391 g/mol. The van der Waals surface area contributed by atoms with Crippen LogP contribution in [0.25, 0.3) is 0 Å². The molecular weight excluding hydrogens is 370 g/mol. The first-order valence-corrected chi connectivity index (χ1v) is 9.87. The van der Waals surface area contributed by atoms with Gasteiger partial charge in [-0.2, -0.15) is 4.31 Å². The molecule has 0 radical (unpaired) electrons. The first-order chi connectivity index (χ1) is 12.9. The van der Waals surface area contributed by atoms with Crippen LogP contribution in [0.1, 0.15) is 12.0 Å². The van der Waals surface area contributed by atoms with Crippen molar-refractivity contribution in [2.75, 3.05) is 25.5 Å². The summed E-state index contributed by atoms with van der Waals surface area (Å²) in [7, 11) is -2.38. The van der Waals surface area contributed by atoms with Crippen molar-refractivity contribution in [3.8, 4) is 5.88 Å². The van der Waals surface area contributed by atoms with Gasteiger partial charge in [0.2, 0.25) is 15.9 Å². The molecule has 2 aromatic rings. The predicted octanol–water partition coefficient (Wildman–Crippen LogP) is 2.41. The Morgan fingerprint density at radius 1 is 1.22 bits per heavy atom. The lowest BCUT2D eigenvalue weighted by molar-refractivity contribution is 0.187. The van der Waals surface area contributed by atoms with Gasteiger partial charge >= 0.3 is 6.09 Å². The second-order valence-electron chi connectivity index (χ2n) is 6.21. The van der Waals surface area contributed by atoms with Gasteiger partial charge in [-0.15, -0.1) is 0 Å². The molecule has 1 N–H and O–H groups in total. The molecule has 0 saturated carbocycles. The van der Waals surface area contributed by atoms with Crippen LogP contribution in [0, 0.1) is 6.92 Å². The van der Waals surface area contributed by atoms with E-state index in [-0.39, 0.29) is 17.5 Å². The lowest BCUT2D eigenvalue weighted by Crippen LogP contribution is -2.31. The number of aryl methyl sites for hydroxylation is 1. The summed E-state index contributed by atoms with van der Waals surface area (Å²) in [5, 5.41) is 2.48. The van der Waals surface area contributed by atoms with E-state index >= 15 is 0 Å². The van der Waals surface area contributed by atoms with Crippen LogP contribution in [0.15, 0.2) is 47.5 Å². The van der Waals surface area contributed by atoms with Gasteiger partial charge in [0.1, 0.15) is 6.10 Å². The summed E-state index contributed by atoms with van der Waals surface area (Å²) in [5.74, 6) is 0.489. The summed E-state index contributed by atoms with van der Waals surface area (Å²) in [4.78, 5) is 15.5. The number of sulfonamides is 1. The second-order valence-corrected chi connectivity index (χ2v) is 8.14. The Labute approximate surface area is 158 Å². The van der Waals surface area contributed by atoms with Gasteiger partial charge in [0.05, 0.1) is 18.6 Å². The standard InChI is InChI=1S/C18H21N3O5S/c1-13-3-8-17(19-11-13)26-15-9-10-21(12-15)27(23,24)16-6-4-14(5-7-16)20-18(22)25-2/h3-8,11,15H,9-10,12H2,1-2H3,(H,20,22). The SMILES string of the molecule is COC(=O)Nc1ccc(S(=O)(=O)N2CCC(Oc3ccc(C)cn3)C2)cc1. The topological polar surface area (TPSA) is 97.8 Å². The number of ether oxygens (including phenoxy) is 2. The Balaban J connectivity index is 1.65. The highest BCUT2D eigenvalue weighted by Gasteiger charge is 2.33. The number of hydrogen-bond donors (Lipinski definition) is 1. The lowest BCUT2D eigenvalue weighted by Gasteiger charge is -2.17. The highest BCUT2D eigenvalue weighted by Crippen LogP contribution is 2.24. The molecule has 1 fully saturated rings. The Hall–Kier alpha value is -2.65. The van der Waals surface area contributed by atoms with Gasteiger partial charge in [-0.05, 0) is 43.2 Å². The van der Waals surface area contributed by atoms with Crippen LogP contribution in [-0.4, -0.2) is 50.1 Å². The van der Waals surface area contributed by atoms with Crippen LogP contribution in [0.5, 0.6) is 5.88 Å². The second kappa shape index (κ2) is 7.93. The summed E-state index contributed by atoms with van der Waals surface area (Å²) < 4.78 is 37.3.